The van der Waals surface area contributed by atoms with Gasteiger partial charge >= 0.3 is 12.1 Å². The molecule has 0 saturated heterocycles. The molecule has 1 aliphatic heterocycles. The summed E-state index contributed by atoms with van der Waals surface area (Å²) in [7, 11) is 0. The third-order valence-electron chi connectivity index (χ3n) is 10.9. The van der Waals surface area contributed by atoms with Crippen molar-refractivity contribution in [2.24, 2.45) is 10.7 Å². The minimum absolute atomic E-state index is 0.0145. The van der Waals surface area contributed by atoms with E-state index in [1.165, 1.54) is 0 Å². The molecular weight excluding hydrogens is 1070 g/mol. The molecular formula is C53H81F4N5O16S. The molecule has 1 aromatic carbocycles. The van der Waals surface area contributed by atoms with Crippen molar-refractivity contribution in [2.45, 2.75) is 71.6 Å². The molecule has 2 aromatic rings. The summed E-state index contributed by atoms with van der Waals surface area (Å²) in [5.74, 6) is -9.26. The molecule has 0 unspecified atom stereocenters. The lowest BCUT2D eigenvalue weighted by Gasteiger charge is -2.23. The van der Waals surface area contributed by atoms with E-state index in [0.29, 0.717) is 156 Å². The van der Waals surface area contributed by atoms with Crippen LogP contribution < -0.4 is 21.1 Å². The van der Waals surface area contributed by atoms with Gasteiger partial charge in [-0.3, -0.25) is 14.4 Å². The number of aliphatic imine (C=N–C) groups is 1. The van der Waals surface area contributed by atoms with Crippen LogP contribution in [-0.2, 0) is 72.9 Å². The van der Waals surface area contributed by atoms with Gasteiger partial charge in [0.15, 0.2) is 11.6 Å². The van der Waals surface area contributed by atoms with Crippen molar-refractivity contribution in [3.8, 4) is 5.75 Å². The summed E-state index contributed by atoms with van der Waals surface area (Å²) in [5.41, 5.74) is 7.64. The number of esters is 1. The first-order valence-electron chi connectivity index (χ1n) is 26.9. The molecule has 2 heterocycles. The number of nitrogens with two attached hydrogens (primary N) is 1. The van der Waals surface area contributed by atoms with Crippen molar-refractivity contribution < 1.29 is 93.6 Å². The maximum Gasteiger partial charge on any atom is 0.407 e. The number of fused-ring (bicyclic) bond motifs is 1. The van der Waals surface area contributed by atoms with Crippen LogP contribution in [0.5, 0.6) is 5.75 Å². The summed E-state index contributed by atoms with van der Waals surface area (Å²) < 4.78 is 117. The highest BCUT2D eigenvalue weighted by molar-refractivity contribution is 7.13. The van der Waals surface area contributed by atoms with Crippen LogP contribution in [0.3, 0.4) is 0 Å². The van der Waals surface area contributed by atoms with E-state index < -0.39 is 47.5 Å². The third-order valence-corrected chi connectivity index (χ3v) is 12.0. The van der Waals surface area contributed by atoms with E-state index in [0.717, 1.165) is 47.5 Å². The maximum absolute atomic E-state index is 13.6. The topological polar surface area (TPSA) is 245 Å². The number of nitrogens with zero attached hydrogens (tertiary/aromatic N) is 2. The minimum atomic E-state index is -1.80. The van der Waals surface area contributed by atoms with Gasteiger partial charge in [0.2, 0.25) is 29.2 Å². The highest BCUT2D eigenvalue weighted by atomic mass is 32.1. The second-order valence-electron chi connectivity index (χ2n) is 17.3. The Balaban J connectivity index is 1.01. The third kappa shape index (κ3) is 31.6. The number of amidine groups is 1. The second kappa shape index (κ2) is 43.9. The molecule has 3 amide bonds. The quantitative estimate of drug-likeness (QED) is 0.0232. The molecule has 0 spiro atoms. The van der Waals surface area contributed by atoms with Crippen LogP contribution in [-0.4, -0.2) is 200 Å². The first-order valence-corrected chi connectivity index (χ1v) is 27.7. The van der Waals surface area contributed by atoms with Crippen molar-refractivity contribution >= 4 is 52.8 Å². The Morgan fingerprint density at radius 1 is 0.608 bits per heavy atom. The van der Waals surface area contributed by atoms with Crippen LogP contribution in [0.15, 0.2) is 22.7 Å². The fourth-order valence-electron chi connectivity index (χ4n) is 7.05. The van der Waals surface area contributed by atoms with Crippen LogP contribution in [0.1, 0.15) is 75.0 Å². The van der Waals surface area contributed by atoms with Gasteiger partial charge in [-0.25, -0.2) is 18.6 Å². The molecule has 0 fully saturated rings. The van der Waals surface area contributed by atoms with Gasteiger partial charge in [0, 0.05) is 55.5 Å². The lowest BCUT2D eigenvalue weighted by atomic mass is 10.1. The van der Waals surface area contributed by atoms with Gasteiger partial charge in [0.25, 0.3) is 0 Å². The molecule has 79 heavy (non-hydrogen) atoms. The van der Waals surface area contributed by atoms with Gasteiger partial charge in [-0.05, 0) is 51.2 Å². The summed E-state index contributed by atoms with van der Waals surface area (Å²) in [6.45, 7) is 12.9. The van der Waals surface area contributed by atoms with E-state index in [1.807, 2.05) is 19.1 Å². The van der Waals surface area contributed by atoms with E-state index in [2.05, 4.69) is 20.4 Å². The molecule has 0 bridgehead atoms. The largest absolute Gasteiger partial charge is 0.450 e. The van der Waals surface area contributed by atoms with Crippen LogP contribution >= 0.6 is 11.3 Å². The Kier molecular flexibility index (Phi) is 38.0. The fraction of sp³-hybridized carbons (Fsp3) is 0.679. The number of alkyl carbamates (subject to hydrolysis) is 1. The molecule has 0 radical (unpaired) electrons. The summed E-state index contributed by atoms with van der Waals surface area (Å²) in [5, 5.41) is 5.65. The van der Waals surface area contributed by atoms with Gasteiger partial charge in [-0.15, -0.1) is 11.3 Å². The molecule has 0 atom stereocenters. The number of rotatable bonds is 48. The second-order valence-corrected chi connectivity index (χ2v) is 18.4. The molecule has 1 aromatic heterocycles. The van der Waals surface area contributed by atoms with E-state index in [1.54, 1.807) is 23.2 Å². The highest BCUT2D eigenvalue weighted by Gasteiger charge is 2.24. The van der Waals surface area contributed by atoms with Crippen molar-refractivity contribution in [3.05, 3.63) is 50.7 Å². The predicted molar refractivity (Wildman–Crippen MR) is 285 cm³/mol. The molecule has 4 N–H and O–H groups in total. The summed E-state index contributed by atoms with van der Waals surface area (Å²) in [6, 6.07) is 2.06. The Hall–Kier alpha value is -4.87. The lowest BCUT2D eigenvalue weighted by Crippen LogP contribution is -2.36. The number of unbranched alkanes of at least 4 members (excludes halogenated alkanes) is 2. The van der Waals surface area contributed by atoms with Gasteiger partial charge in [0.1, 0.15) is 5.84 Å². The number of aryl methyl sites for hydroxylation is 1. The zero-order valence-electron chi connectivity index (χ0n) is 45.7. The predicted octanol–water partition coefficient (Wildman–Crippen LogP) is 5.84. The van der Waals surface area contributed by atoms with Crippen molar-refractivity contribution in [3.63, 3.8) is 0 Å². The lowest BCUT2D eigenvalue weighted by molar-refractivity contribution is -0.136. The van der Waals surface area contributed by atoms with Gasteiger partial charge in [-0.1, -0.05) is 13.3 Å². The average molecular weight is 1150 g/mol. The van der Waals surface area contributed by atoms with Crippen molar-refractivity contribution in [1.29, 1.82) is 0 Å². The number of hydrogen-bond acceptors (Lipinski definition) is 19. The Bertz CT molecular complexity index is 2080. The van der Waals surface area contributed by atoms with E-state index in [-0.39, 0.29) is 57.1 Å². The molecule has 26 heteroatoms. The molecule has 3 rings (SSSR count). The first kappa shape index (κ1) is 68.4. The number of nitrogens with one attached hydrogen (secondary N) is 2. The fourth-order valence-corrected chi connectivity index (χ4v) is 8.16. The summed E-state index contributed by atoms with van der Waals surface area (Å²) >= 11 is 1.62. The monoisotopic (exact) mass is 1150 g/mol. The van der Waals surface area contributed by atoms with Gasteiger partial charge in [-0.2, -0.15) is 8.78 Å². The molecule has 1 aliphatic rings. The number of hydrogen-bond donors (Lipinski definition) is 3. The molecule has 0 saturated carbocycles. The SMILES string of the molecule is CCCN(CCCNC(=O)OCC)C(=O)C1=Cc2sc(CCCCCNC(=O)CCOCCOCCOCCOCCOCCOCCOCCOCCOCCOCCC(=O)Oc3c(F)c(F)cc(F)c3F)cc2N=C(N)C1. The zero-order valence-corrected chi connectivity index (χ0v) is 46.5. The number of carbonyl (C=O) groups excluding carboxylic acids is 4. The van der Waals surface area contributed by atoms with Crippen LogP contribution in [0.4, 0.5) is 28.0 Å². The summed E-state index contributed by atoms with van der Waals surface area (Å²) in [4.78, 5) is 57.7. The van der Waals surface area contributed by atoms with Crippen LogP contribution in [0.25, 0.3) is 6.08 Å². The number of carbonyl (C=O) groups is 4. The van der Waals surface area contributed by atoms with Crippen molar-refractivity contribution in [1.82, 2.24) is 15.5 Å². The normalized spacial score (nSPS) is 12.2. The number of thiophene rings is 1. The Morgan fingerprint density at radius 2 is 1.09 bits per heavy atom. The standard InChI is InChI=1S/C53H81F4N5O16S/c1-3-14-62(15-8-13-60-53(66)77-4-2)52(65)40-36-45-44(61-46(58)37-40)38-41(79-45)9-6-5-7-12-59-47(63)10-16-67-18-20-69-22-24-71-26-28-73-30-32-75-34-35-76-33-31-74-29-27-72-25-23-70-21-19-68-17-11-48(64)78-51-49(56)42(54)39-43(55)50(51)57/h36,38-39H,3-35,37H2,1-2H3,(H2,58,61)(H,59,63)(H,60,66). The van der Waals surface area contributed by atoms with Crippen LogP contribution in [0.2, 0.25) is 0 Å². The van der Waals surface area contributed by atoms with Gasteiger partial charge in [0.05, 0.1) is 156 Å². The number of ether oxygens (including phenoxy) is 12. The zero-order chi connectivity index (χ0) is 57.1. The summed E-state index contributed by atoms with van der Waals surface area (Å²) in [6.07, 6.45) is 6.61. The Labute approximate surface area is 464 Å². The highest BCUT2D eigenvalue weighted by Crippen LogP contribution is 2.35. The van der Waals surface area contributed by atoms with Crippen molar-refractivity contribution in [2.75, 3.05) is 165 Å². The number of halogens is 4. The van der Waals surface area contributed by atoms with Gasteiger partial charge < -0.3 is 78.1 Å². The number of benzene rings is 1. The van der Waals surface area contributed by atoms with E-state index in [4.69, 9.17) is 57.8 Å². The van der Waals surface area contributed by atoms with E-state index >= 15 is 0 Å². The Morgan fingerprint density at radius 3 is 1.58 bits per heavy atom. The average Bonchev–Trinajstić information content (AvgIpc) is 3.80. The molecule has 0 aliphatic carbocycles. The van der Waals surface area contributed by atoms with E-state index in [9.17, 15) is 36.7 Å². The smallest absolute Gasteiger partial charge is 0.407 e. The number of amides is 3. The maximum atomic E-state index is 13.6. The minimum Gasteiger partial charge on any atom is -0.450 e. The first-order chi connectivity index (χ1) is 38.4. The van der Waals surface area contributed by atoms with Crippen LogP contribution in [0, 0.1) is 23.3 Å². The molecule has 448 valence electrons. The molecule has 21 nitrogen and oxygen atoms in total.